The number of benzene rings is 1. The van der Waals surface area contributed by atoms with Gasteiger partial charge in [0.25, 0.3) is 0 Å². The van der Waals surface area contributed by atoms with Crippen molar-refractivity contribution in [2.45, 2.75) is 69.7 Å². The van der Waals surface area contributed by atoms with Crippen molar-refractivity contribution in [3.63, 3.8) is 0 Å². The van der Waals surface area contributed by atoms with E-state index in [9.17, 15) is 5.11 Å². The molecule has 1 aliphatic heterocycles. The molecule has 2 nitrogen and oxygen atoms in total. The molecule has 1 aliphatic carbocycles. The topological polar surface area (TPSA) is 29.5 Å². The van der Waals surface area contributed by atoms with Crippen LogP contribution in [-0.2, 0) is 4.74 Å². The summed E-state index contributed by atoms with van der Waals surface area (Å²) in [7, 11) is 0. The van der Waals surface area contributed by atoms with Crippen LogP contribution in [0, 0.1) is 5.92 Å². The SMILES string of the molecule is CC1CCC(CC2CC(c3ccccc3)CCC2O)O1. The fourth-order valence-electron chi connectivity index (χ4n) is 3.93. The van der Waals surface area contributed by atoms with Crippen molar-refractivity contribution in [1.29, 1.82) is 0 Å². The highest BCUT2D eigenvalue weighted by molar-refractivity contribution is 5.20. The molecule has 0 spiro atoms. The van der Waals surface area contributed by atoms with E-state index in [2.05, 4.69) is 37.3 Å². The van der Waals surface area contributed by atoms with Crippen molar-refractivity contribution in [2.75, 3.05) is 0 Å². The standard InChI is InChI=1S/C18H26O2/c1-13-7-9-17(20-13)12-16-11-15(8-10-18(16)19)14-5-3-2-4-6-14/h2-6,13,15-19H,7-12H2,1H3. The predicted octanol–water partition coefficient (Wildman–Crippen LogP) is 3.89. The van der Waals surface area contributed by atoms with Gasteiger partial charge in [-0.1, -0.05) is 30.3 Å². The molecule has 1 aromatic carbocycles. The molecule has 1 N–H and O–H groups in total. The first-order valence-corrected chi connectivity index (χ1v) is 8.11. The van der Waals surface area contributed by atoms with Crippen LogP contribution in [0.1, 0.15) is 56.9 Å². The molecule has 2 fully saturated rings. The lowest BCUT2D eigenvalue weighted by Crippen LogP contribution is -2.31. The van der Waals surface area contributed by atoms with E-state index in [1.54, 1.807) is 0 Å². The first-order valence-electron chi connectivity index (χ1n) is 8.11. The van der Waals surface area contributed by atoms with Gasteiger partial charge in [0.1, 0.15) is 0 Å². The van der Waals surface area contributed by atoms with Gasteiger partial charge in [-0.2, -0.15) is 0 Å². The summed E-state index contributed by atoms with van der Waals surface area (Å²) < 4.78 is 5.94. The molecule has 1 heterocycles. The lowest BCUT2D eigenvalue weighted by atomic mass is 9.74. The predicted molar refractivity (Wildman–Crippen MR) is 80.7 cm³/mol. The molecule has 1 saturated carbocycles. The molecule has 1 aromatic rings. The maximum atomic E-state index is 10.3. The van der Waals surface area contributed by atoms with Gasteiger partial charge in [-0.3, -0.25) is 0 Å². The number of aliphatic hydroxyl groups is 1. The number of rotatable bonds is 3. The lowest BCUT2D eigenvalue weighted by molar-refractivity contribution is -0.000827. The van der Waals surface area contributed by atoms with Gasteiger partial charge in [0.2, 0.25) is 0 Å². The fourth-order valence-corrected chi connectivity index (χ4v) is 3.93. The summed E-state index contributed by atoms with van der Waals surface area (Å²) >= 11 is 0. The molecule has 5 atom stereocenters. The quantitative estimate of drug-likeness (QED) is 0.906. The lowest BCUT2D eigenvalue weighted by Gasteiger charge is -2.35. The van der Waals surface area contributed by atoms with Crippen molar-refractivity contribution in [1.82, 2.24) is 0 Å². The third kappa shape index (κ3) is 3.24. The van der Waals surface area contributed by atoms with Crippen LogP contribution in [0.3, 0.4) is 0 Å². The molecule has 20 heavy (non-hydrogen) atoms. The van der Waals surface area contributed by atoms with Gasteiger partial charge in [-0.15, -0.1) is 0 Å². The van der Waals surface area contributed by atoms with E-state index < -0.39 is 0 Å². The average Bonchev–Trinajstić information content (AvgIpc) is 2.88. The van der Waals surface area contributed by atoms with E-state index in [-0.39, 0.29) is 6.10 Å². The number of aliphatic hydroxyl groups excluding tert-OH is 1. The Bertz CT molecular complexity index is 417. The third-order valence-corrected chi connectivity index (χ3v) is 5.10. The highest BCUT2D eigenvalue weighted by atomic mass is 16.5. The van der Waals surface area contributed by atoms with E-state index in [4.69, 9.17) is 4.74 Å². The van der Waals surface area contributed by atoms with Crippen molar-refractivity contribution >= 4 is 0 Å². The minimum absolute atomic E-state index is 0.130. The van der Waals surface area contributed by atoms with Gasteiger partial charge in [0, 0.05) is 0 Å². The first kappa shape index (κ1) is 14.1. The second kappa shape index (κ2) is 6.28. The summed E-state index contributed by atoms with van der Waals surface area (Å²) in [6.07, 6.45) is 7.19. The monoisotopic (exact) mass is 274 g/mol. The molecule has 2 heteroatoms. The van der Waals surface area contributed by atoms with Crippen molar-refractivity contribution in [3.05, 3.63) is 35.9 Å². The summed E-state index contributed by atoms with van der Waals surface area (Å²) in [6, 6.07) is 10.8. The molecule has 3 rings (SSSR count). The van der Waals surface area contributed by atoms with Crippen molar-refractivity contribution in [3.8, 4) is 0 Å². The van der Waals surface area contributed by atoms with E-state index >= 15 is 0 Å². The van der Waals surface area contributed by atoms with Gasteiger partial charge in [0.05, 0.1) is 18.3 Å². The maximum absolute atomic E-state index is 10.3. The zero-order valence-electron chi connectivity index (χ0n) is 12.4. The molecule has 0 amide bonds. The van der Waals surface area contributed by atoms with E-state index in [0.29, 0.717) is 24.0 Å². The fraction of sp³-hybridized carbons (Fsp3) is 0.667. The highest BCUT2D eigenvalue weighted by Gasteiger charge is 2.33. The second-order valence-electron chi connectivity index (χ2n) is 6.63. The molecule has 0 aromatic heterocycles. The van der Waals surface area contributed by atoms with Gasteiger partial charge in [-0.25, -0.2) is 0 Å². The van der Waals surface area contributed by atoms with Crippen LogP contribution in [0.15, 0.2) is 30.3 Å². The maximum Gasteiger partial charge on any atom is 0.0583 e. The minimum Gasteiger partial charge on any atom is -0.393 e. The largest absolute Gasteiger partial charge is 0.393 e. The Morgan fingerprint density at radius 1 is 1.10 bits per heavy atom. The molecular formula is C18H26O2. The minimum atomic E-state index is -0.130. The Kier molecular flexibility index (Phi) is 4.42. The van der Waals surface area contributed by atoms with Gasteiger partial charge >= 0.3 is 0 Å². The summed E-state index contributed by atoms with van der Waals surface area (Å²) in [6.45, 7) is 2.16. The second-order valence-corrected chi connectivity index (χ2v) is 6.63. The van der Waals surface area contributed by atoms with Crippen LogP contribution in [0.2, 0.25) is 0 Å². The highest BCUT2D eigenvalue weighted by Crippen LogP contribution is 2.39. The zero-order chi connectivity index (χ0) is 13.9. The van der Waals surface area contributed by atoms with Crippen LogP contribution in [-0.4, -0.2) is 23.4 Å². The molecule has 2 aliphatic rings. The van der Waals surface area contributed by atoms with E-state index in [1.807, 2.05) is 0 Å². The van der Waals surface area contributed by atoms with Crippen LogP contribution in [0.5, 0.6) is 0 Å². The van der Waals surface area contributed by atoms with Crippen molar-refractivity contribution in [2.24, 2.45) is 5.92 Å². The third-order valence-electron chi connectivity index (χ3n) is 5.10. The number of ether oxygens (including phenoxy) is 1. The van der Waals surface area contributed by atoms with Gasteiger partial charge in [0.15, 0.2) is 0 Å². The Balaban J connectivity index is 1.61. The molecule has 5 unspecified atom stereocenters. The molecule has 0 bridgehead atoms. The Morgan fingerprint density at radius 2 is 1.90 bits per heavy atom. The zero-order valence-corrected chi connectivity index (χ0v) is 12.4. The average molecular weight is 274 g/mol. The molecular weight excluding hydrogens is 248 g/mol. The van der Waals surface area contributed by atoms with E-state index in [1.165, 1.54) is 18.4 Å². The first-order chi connectivity index (χ1) is 9.72. The van der Waals surface area contributed by atoms with Crippen LogP contribution in [0.4, 0.5) is 0 Å². The Hall–Kier alpha value is -0.860. The summed E-state index contributed by atoms with van der Waals surface area (Å²) in [5.74, 6) is 1.02. The van der Waals surface area contributed by atoms with Crippen LogP contribution >= 0.6 is 0 Å². The molecule has 0 radical (unpaired) electrons. The number of hydrogen-bond donors (Lipinski definition) is 1. The van der Waals surface area contributed by atoms with E-state index in [0.717, 1.165) is 25.7 Å². The molecule has 1 saturated heterocycles. The molecule has 110 valence electrons. The van der Waals surface area contributed by atoms with Crippen LogP contribution in [0.25, 0.3) is 0 Å². The summed E-state index contributed by atoms with van der Waals surface area (Å²) in [5, 5.41) is 10.3. The number of hydrogen-bond acceptors (Lipinski definition) is 2. The van der Waals surface area contributed by atoms with Gasteiger partial charge < -0.3 is 9.84 Å². The van der Waals surface area contributed by atoms with Crippen LogP contribution < -0.4 is 0 Å². The van der Waals surface area contributed by atoms with Gasteiger partial charge in [-0.05, 0) is 62.8 Å². The smallest absolute Gasteiger partial charge is 0.0583 e. The van der Waals surface area contributed by atoms with Crippen molar-refractivity contribution < 1.29 is 9.84 Å². The Labute approximate surface area is 122 Å². The summed E-state index contributed by atoms with van der Waals surface area (Å²) in [5.41, 5.74) is 1.44. The summed E-state index contributed by atoms with van der Waals surface area (Å²) in [4.78, 5) is 0. The normalized spacial score (nSPS) is 38.0. The Morgan fingerprint density at radius 3 is 2.60 bits per heavy atom.